The van der Waals surface area contributed by atoms with E-state index in [4.69, 9.17) is 21.1 Å². The molecule has 2 aliphatic rings. The highest BCUT2D eigenvalue weighted by Crippen LogP contribution is 2.24. The van der Waals surface area contributed by atoms with E-state index < -0.39 is 0 Å². The molecule has 3 heterocycles. The molecule has 176 valence electrons. The van der Waals surface area contributed by atoms with E-state index in [1.54, 1.807) is 17.0 Å². The lowest BCUT2D eigenvalue weighted by Gasteiger charge is -2.27. The Morgan fingerprint density at radius 2 is 1.35 bits per heavy atom. The zero-order valence-electron chi connectivity index (χ0n) is 18.4. The number of anilines is 6. The highest BCUT2D eigenvalue weighted by molar-refractivity contribution is 6.30. The van der Waals surface area contributed by atoms with Gasteiger partial charge in [-0.05, 0) is 48.5 Å². The number of nitrogens with one attached hydrogen (secondary N) is 2. The van der Waals surface area contributed by atoms with Crippen molar-refractivity contribution in [1.29, 1.82) is 0 Å². The third-order valence-corrected chi connectivity index (χ3v) is 5.69. The summed E-state index contributed by atoms with van der Waals surface area (Å²) < 4.78 is 10.7. The molecule has 2 N–H and O–H groups in total. The highest BCUT2D eigenvalue weighted by atomic mass is 35.5. The maximum atomic E-state index is 12.1. The molecule has 2 saturated heterocycles. The monoisotopic (exact) mass is 481 g/mol. The van der Waals surface area contributed by atoms with Crippen molar-refractivity contribution in [2.45, 2.75) is 0 Å². The minimum Gasteiger partial charge on any atom is -0.378 e. The smallest absolute Gasteiger partial charge is 0.253 e. The molecule has 0 radical (unpaired) electrons. The van der Waals surface area contributed by atoms with Gasteiger partial charge in [-0.15, -0.1) is 0 Å². The fourth-order valence-electron chi connectivity index (χ4n) is 3.69. The second-order valence-electron chi connectivity index (χ2n) is 7.78. The molecular weight excluding hydrogens is 458 g/mol. The Labute approximate surface area is 201 Å². The Kier molecular flexibility index (Phi) is 6.70. The van der Waals surface area contributed by atoms with E-state index in [-0.39, 0.29) is 12.5 Å². The molecule has 0 spiro atoms. The lowest BCUT2D eigenvalue weighted by atomic mass is 10.2. The number of rotatable bonds is 6. The number of hydrogen-bond donors (Lipinski definition) is 2. The van der Waals surface area contributed by atoms with Crippen LogP contribution in [0.4, 0.5) is 34.9 Å². The first-order valence-corrected chi connectivity index (χ1v) is 11.4. The van der Waals surface area contributed by atoms with Crippen molar-refractivity contribution >= 4 is 52.4 Å². The van der Waals surface area contributed by atoms with Crippen LogP contribution >= 0.6 is 11.6 Å². The number of carbonyl (C=O) groups excluding carboxylic acids is 1. The first kappa shape index (κ1) is 22.3. The van der Waals surface area contributed by atoms with Gasteiger partial charge in [0, 0.05) is 41.7 Å². The summed E-state index contributed by atoms with van der Waals surface area (Å²) in [6.07, 6.45) is 0. The van der Waals surface area contributed by atoms with Crippen LogP contribution in [-0.2, 0) is 14.3 Å². The summed E-state index contributed by atoms with van der Waals surface area (Å²) in [6.45, 7) is 3.83. The van der Waals surface area contributed by atoms with Gasteiger partial charge in [0.15, 0.2) is 0 Å². The van der Waals surface area contributed by atoms with Gasteiger partial charge in [0.2, 0.25) is 17.8 Å². The lowest BCUT2D eigenvalue weighted by molar-refractivity contribution is -0.125. The summed E-state index contributed by atoms with van der Waals surface area (Å²) in [5, 5.41) is 7.12. The molecule has 1 amide bonds. The SMILES string of the molecule is O=C1COCCN1c1ccc(Nc2nc(Nc3ccc(Cl)cc3)nc(N3CCOCC3)n2)cc1. The molecule has 3 aromatic rings. The fraction of sp³-hybridized carbons (Fsp3) is 0.304. The summed E-state index contributed by atoms with van der Waals surface area (Å²) >= 11 is 6.00. The maximum absolute atomic E-state index is 12.1. The van der Waals surface area contributed by atoms with E-state index in [2.05, 4.69) is 30.5 Å². The Balaban J connectivity index is 1.38. The molecule has 0 aliphatic carbocycles. The summed E-state index contributed by atoms with van der Waals surface area (Å²) in [4.78, 5) is 29.7. The Morgan fingerprint density at radius 3 is 1.97 bits per heavy atom. The van der Waals surface area contributed by atoms with Gasteiger partial charge in [-0.1, -0.05) is 11.6 Å². The largest absolute Gasteiger partial charge is 0.378 e. The molecule has 11 heteroatoms. The van der Waals surface area contributed by atoms with Gasteiger partial charge in [0.05, 0.1) is 19.8 Å². The third kappa shape index (κ3) is 5.36. The van der Waals surface area contributed by atoms with Gasteiger partial charge in [0.25, 0.3) is 5.91 Å². The molecule has 2 aromatic carbocycles. The molecule has 5 rings (SSSR count). The third-order valence-electron chi connectivity index (χ3n) is 5.44. The number of amides is 1. The van der Waals surface area contributed by atoms with E-state index in [1.165, 1.54) is 0 Å². The Bertz CT molecular complexity index is 1140. The molecule has 0 atom stereocenters. The second-order valence-corrected chi connectivity index (χ2v) is 8.22. The first-order valence-electron chi connectivity index (χ1n) is 11.0. The summed E-state index contributed by atoms with van der Waals surface area (Å²) in [7, 11) is 0. The molecule has 1 aromatic heterocycles. The van der Waals surface area contributed by atoms with E-state index >= 15 is 0 Å². The number of ether oxygens (including phenoxy) is 2. The standard InChI is InChI=1S/C23H24ClN7O3/c24-16-1-3-17(4-2-16)25-21-27-22(29-23(28-21)30-9-12-33-13-10-30)26-18-5-7-19(8-6-18)31-11-14-34-15-20(31)32/h1-8H,9-15H2,(H2,25,26,27,28,29). The number of morpholine rings is 2. The molecule has 10 nitrogen and oxygen atoms in total. The minimum absolute atomic E-state index is 0.0440. The van der Waals surface area contributed by atoms with Gasteiger partial charge >= 0.3 is 0 Å². The lowest BCUT2D eigenvalue weighted by Crippen LogP contribution is -2.41. The average Bonchev–Trinajstić information content (AvgIpc) is 2.87. The first-order chi connectivity index (χ1) is 16.6. The average molecular weight is 482 g/mol. The van der Waals surface area contributed by atoms with Crippen LogP contribution in [0.1, 0.15) is 0 Å². The van der Waals surface area contributed by atoms with Crippen LogP contribution in [0.5, 0.6) is 0 Å². The van der Waals surface area contributed by atoms with Crippen molar-refractivity contribution in [2.24, 2.45) is 0 Å². The molecule has 0 unspecified atom stereocenters. The van der Waals surface area contributed by atoms with Crippen molar-refractivity contribution in [3.8, 4) is 0 Å². The maximum Gasteiger partial charge on any atom is 0.253 e. The van der Waals surface area contributed by atoms with Crippen LogP contribution in [-0.4, -0.2) is 66.9 Å². The van der Waals surface area contributed by atoms with Crippen LogP contribution in [0, 0.1) is 0 Å². The minimum atomic E-state index is -0.0440. The summed E-state index contributed by atoms with van der Waals surface area (Å²) in [6, 6.07) is 14.9. The van der Waals surface area contributed by atoms with Crippen molar-refractivity contribution in [3.05, 3.63) is 53.6 Å². The summed E-state index contributed by atoms with van der Waals surface area (Å²) in [5.41, 5.74) is 2.43. The van der Waals surface area contributed by atoms with E-state index in [1.807, 2.05) is 36.4 Å². The predicted octanol–water partition coefficient (Wildman–Crippen LogP) is 3.21. The fourth-order valence-corrected chi connectivity index (χ4v) is 3.81. The van der Waals surface area contributed by atoms with Crippen molar-refractivity contribution < 1.29 is 14.3 Å². The molecule has 2 fully saturated rings. The van der Waals surface area contributed by atoms with Gasteiger partial charge < -0.3 is 29.9 Å². The molecule has 0 bridgehead atoms. The quantitative estimate of drug-likeness (QED) is 0.549. The highest BCUT2D eigenvalue weighted by Gasteiger charge is 2.20. The predicted molar refractivity (Wildman–Crippen MR) is 130 cm³/mol. The van der Waals surface area contributed by atoms with Gasteiger partial charge in [-0.3, -0.25) is 4.79 Å². The van der Waals surface area contributed by atoms with E-state index in [0.717, 1.165) is 17.1 Å². The topological polar surface area (TPSA) is 105 Å². The van der Waals surface area contributed by atoms with Crippen LogP contribution in [0.2, 0.25) is 5.02 Å². The normalized spacial score (nSPS) is 16.4. The van der Waals surface area contributed by atoms with Crippen LogP contribution in [0.25, 0.3) is 0 Å². The van der Waals surface area contributed by atoms with E-state index in [9.17, 15) is 4.79 Å². The van der Waals surface area contributed by atoms with Crippen LogP contribution < -0.4 is 20.4 Å². The number of hydrogen-bond acceptors (Lipinski definition) is 9. The molecular formula is C23H24ClN7O3. The van der Waals surface area contributed by atoms with Gasteiger partial charge in [-0.2, -0.15) is 15.0 Å². The van der Waals surface area contributed by atoms with Gasteiger partial charge in [0.1, 0.15) is 6.61 Å². The Hall–Kier alpha value is -3.47. The Morgan fingerprint density at radius 1 is 0.765 bits per heavy atom. The van der Waals surface area contributed by atoms with Crippen LogP contribution in [0.3, 0.4) is 0 Å². The number of nitrogens with zero attached hydrogens (tertiary/aromatic N) is 5. The second kappa shape index (κ2) is 10.2. The molecule has 34 heavy (non-hydrogen) atoms. The number of aromatic nitrogens is 3. The van der Waals surface area contributed by atoms with Crippen LogP contribution in [0.15, 0.2) is 48.5 Å². The van der Waals surface area contributed by atoms with Gasteiger partial charge in [-0.25, -0.2) is 0 Å². The summed E-state index contributed by atoms with van der Waals surface area (Å²) in [5.74, 6) is 1.34. The van der Waals surface area contributed by atoms with E-state index in [0.29, 0.717) is 62.3 Å². The number of halogens is 1. The molecule has 0 saturated carbocycles. The van der Waals surface area contributed by atoms with Crippen molar-refractivity contribution in [2.75, 3.05) is 66.5 Å². The number of carbonyl (C=O) groups is 1. The van der Waals surface area contributed by atoms with Crippen molar-refractivity contribution in [3.63, 3.8) is 0 Å². The zero-order valence-corrected chi connectivity index (χ0v) is 19.2. The number of benzene rings is 2. The zero-order chi connectivity index (χ0) is 23.3. The van der Waals surface area contributed by atoms with Crippen molar-refractivity contribution in [1.82, 2.24) is 15.0 Å². The molecule has 2 aliphatic heterocycles.